The molecular weight excluding hydrogens is 340 g/mol. The number of nitrogens with zero attached hydrogens (tertiary/aromatic N) is 2. The van der Waals surface area contributed by atoms with Crippen molar-refractivity contribution in [3.05, 3.63) is 29.8 Å². The van der Waals surface area contributed by atoms with E-state index in [9.17, 15) is 8.42 Å². The van der Waals surface area contributed by atoms with Crippen LogP contribution in [0.25, 0.3) is 0 Å². The lowest BCUT2D eigenvalue weighted by Gasteiger charge is -2.19. The number of rotatable bonds is 10. The van der Waals surface area contributed by atoms with Gasteiger partial charge in [-0.2, -0.15) is 0 Å². The molecule has 1 rings (SSSR count). The Balaban J connectivity index is 2.68. The van der Waals surface area contributed by atoms with E-state index in [1.807, 2.05) is 45.0 Å². The molecule has 0 saturated carbocycles. The van der Waals surface area contributed by atoms with Gasteiger partial charge in [0.15, 0.2) is 5.96 Å². The second kappa shape index (κ2) is 10.9. The van der Waals surface area contributed by atoms with E-state index >= 15 is 0 Å². The summed E-state index contributed by atoms with van der Waals surface area (Å²) in [6, 6.07) is 7.69. The zero-order valence-electron chi connectivity index (χ0n) is 15.6. The van der Waals surface area contributed by atoms with Gasteiger partial charge in [-0.25, -0.2) is 17.7 Å². The zero-order valence-corrected chi connectivity index (χ0v) is 16.4. The Labute approximate surface area is 151 Å². The molecule has 2 N–H and O–H groups in total. The molecule has 0 radical (unpaired) electrons. The summed E-state index contributed by atoms with van der Waals surface area (Å²) >= 11 is 0. The number of methoxy groups -OCH3 is 1. The summed E-state index contributed by atoms with van der Waals surface area (Å²) in [5.74, 6) is 1.41. The molecule has 0 aromatic heterocycles. The number of ether oxygens (including phenoxy) is 1. The van der Waals surface area contributed by atoms with Crippen molar-refractivity contribution in [2.24, 2.45) is 4.99 Å². The molecule has 0 unspecified atom stereocenters. The minimum atomic E-state index is -3.24. The fourth-order valence-electron chi connectivity index (χ4n) is 2.38. The molecule has 0 atom stereocenters. The summed E-state index contributed by atoms with van der Waals surface area (Å²) in [7, 11) is -1.61. The fraction of sp³-hybridized carbons (Fsp3) is 0.588. The van der Waals surface area contributed by atoms with Gasteiger partial charge in [0, 0.05) is 31.7 Å². The maximum absolute atomic E-state index is 12.2. The predicted octanol–water partition coefficient (Wildman–Crippen LogP) is 1.42. The fourth-order valence-corrected chi connectivity index (χ4v) is 3.79. The van der Waals surface area contributed by atoms with Gasteiger partial charge in [-0.3, -0.25) is 0 Å². The Hall–Kier alpha value is -1.80. The lowest BCUT2D eigenvalue weighted by Crippen LogP contribution is -2.42. The van der Waals surface area contributed by atoms with Crippen LogP contribution in [-0.4, -0.2) is 57.7 Å². The van der Waals surface area contributed by atoms with Gasteiger partial charge >= 0.3 is 0 Å². The Morgan fingerprint density at radius 3 is 2.44 bits per heavy atom. The molecule has 0 fully saturated rings. The van der Waals surface area contributed by atoms with Crippen LogP contribution in [0.2, 0.25) is 0 Å². The van der Waals surface area contributed by atoms with E-state index in [-0.39, 0.29) is 5.75 Å². The SMILES string of the molecule is CCNC(=NCc1ccccc1OC)NCCS(=O)(=O)N(CC)CC. The summed E-state index contributed by atoms with van der Waals surface area (Å²) in [6.07, 6.45) is 0. The number of hydrogen-bond donors (Lipinski definition) is 2. The lowest BCUT2D eigenvalue weighted by atomic mass is 10.2. The summed E-state index contributed by atoms with van der Waals surface area (Å²) in [6.45, 7) is 8.06. The lowest BCUT2D eigenvalue weighted by molar-refractivity contribution is 0.410. The Morgan fingerprint density at radius 2 is 1.84 bits per heavy atom. The van der Waals surface area contributed by atoms with Crippen LogP contribution >= 0.6 is 0 Å². The van der Waals surface area contributed by atoms with Crippen molar-refractivity contribution < 1.29 is 13.2 Å². The Morgan fingerprint density at radius 1 is 1.16 bits per heavy atom. The van der Waals surface area contributed by atoms with Crippen LogP contribution in [-0.2, 0) is 16.6 Å². The summed E-state index contributed by atoms with van der Waals surface area (Å²) < 4.78 is 31.2. The van der Waals surface area contributed by atoms with Crippen LogP contribution < -0.4 is 15.4 Å². The normalized spacial score (nSPS) is 12.3. The highest BCUT2D eigenvalue weighted by Gasteiger charge is 2.18. The molecule has 142 valence electrons. The zero-order chi connectivity index (χ0) is 18.7. The Bertz CT molecular complexity index is 643. The summed E-state index contributed by atoms with van der Waals surface area (Å²) in [4.78, 5) is 4.50. The molecule has 8 heteroatoms. The van der Waals surface area contributed by atoms with Gasteiger partial charge in [-0.1, -0.05) is 32.0 Å². The molecule has 7 nitrogen and oxygen atoms in total. The van der Waals surface area contributed by atoms with E-state index in [0.717, 1.165) is 11.3 Å². The van der Waals surface area contributed by atoms with E-state index < -0.39 is 10.0 Å². The summed E-state index contributed by atoms with van der Waals surface area (Å²) in [5.41, 5.74) is 0.970. The third kappa shape index (κ3) is 6.91. The first-order chi connectivity index (χ1) is 12.0. The van der Waals surface area contributed by atoms with Crippen LogP contribution in [0, 0.1) is 0 Å². The van der Waals surface area contributed by atoms with Crippen molar-refractivity contribution in [2.45, 2.75) is 27.3 Å². The van der Waals surface area contributed by atoms with Crippen LogP contribution in [0.3, 0.4) is 0 Å². The van der Waals surface area contributed by atoms with E-state index in [1.54, 1.807) is 7.11 Å². The largest absolute Gasteiger partial charge is 0.496 e. The van der Waals surface area contributed by atoms with Crippen molar-refractivity contribution in [3.63, 3.8) is 0 Å². The summed E-state index contributed by atoms with van der Waals surface area (Å²) in [5, 5.41) is 6.20. The van der Waals surface area contributed by atoms with Gasteiger partial charge in [0.25, 0.3) is 0 Å². The first kappa shape index (κ1) is 21.2. The van der Waals surface area contributed by atoms with E-state index in [0.29, 0.717) is 38.7 Å². The monoisotopic (exact) mass is 370 g/mol. The minimum absolute atomic E-state index is 0.0355. The van der Waals surface area contributed by atoms with Gasteiger partial charge in [0.2, 0.25) is 10.0 Å². The molecule has 0 bridgehead atoms. The smallest absolute Gasteiger partial charge is 0.215 e. The van der Waals surface area contributed by atoms with E-state index in [4.69, 9.17) is 4.74 Å². The number of sulfonamides is 1. The number of benzene rings is 1. The van der Waals surface area contributed by atoms with Gasteiger partial charge in [-0.15, -0.1) is 0 Å². The molecule has 0 aliphatic heterocycles. The highest BCUT2D eigenvalue weighted by molar-refractivity contribution is 7.89. The van der Waals surface area contributed by atoms with Gasteiger partial charge in [-0.05, 0) is 13.0 Å². The maximum Gasteiger partial charge on any atom is 0.215 e. The van der Waals surface area contributed by atoms with Crippen molar-refractivity contribution in [1.29, 1.82) is 0 Å². The molecule has 0 aliphatic carbocycles. The Kier molecular flexibility index (Phi) is 9.30. The first-order valence-electron chi connectivity index (χ1n) is 8.60. The standard InChI is InChI=1S/C17H30N4O3S/c1-5-18-17(19-12-13-25(22,23)21(6-2)7-3)20-14-15-10-8-9-11-16(15)24-4/h8-11H,5-7,12-14H2,1-4H3,(H2,18,19,20). The highest BCUT2D eigenvalue weighted by Crippen LogP contribution is 2.17. The molecule has 0 aliphatic rings. The highest BCUT2D eigenvalue weighted by atomic mass is 32.2. The number of guanidine groups is 1. The van der Waals surface area contributed by atoms with Gasteiger partial charge in [0.1, 0.15) is 5.75 Å². The molecule has 25 heavy (non-hydrogen) atoms. The third-order valence-electron chi connectivity index (χ3n) is 3.70. The van der Waals surface area contributed by atoms with Crippen molar-refractivity contribution >= 4 is 16.0 Å². The topological polar surface area (TPSA) is 83.0 Å². The average molecular weight is 371 g/mol. The van der Waals surface area contributed by atoms with E-state index in [2.05, 4.69) is 15.6 Å². The van der Waals surface area contributed by atoms with Gasteiger partial charge < -0.3 is 15.4 Å². The number of para-hydroxylation sites is 1. The second-order valence-electron chi connectivity index (χ2n) is 5.33. The van der Waals surface area contributed by atoms with Crippen LogP contribution in [0.1, 0.15) is 26.3 Å². The predicted molar refractivity (Wildman–Crippen MR) is 103 cm³/mol. The molecule has 0 amide bonds. The van der Waals surface area contributed by atoms with Crippen LogP contribution in [0.4, 0.5) is 0 Å². The molecular formula is C17H30N4O3S. The average Bonchev–Trinajstić information content (AvgIpc) is 2.60. The van der Waals surface area contributed by atoms with Crippen molar-refractivity contribution in [1.82, 2.24) is 14.9 Å². The molecule has 1 aromatic carbocycles. The van der Waals surface area contributed by atoms with Crippen LogP contribution in [0.5, 0.6) is 5.75 Å². The molecule has 0 heterocycles. The number of aliphatic imine (C=N–C) groups is 1. The molecule has 1 aromatic rings. The molecule has 0 saturated heterocycles. The van der Waals surface area contributed by atoms with E-state index in [1.165, 1.54) is 4.31 Å². The second-order valence-corrected chi connectivity index (χ2v) is 7.42. The number of nitrogens with one attached hydrogen (secondary N) is 2. The van der Waals surface area contributed by atoms with Crippen molar-refractivity contribution in [3.8, 4) is 5.75 Å². The third-order valence-corrected chi connectivity index (χ3v) is 5.72. The van der Waals surface area contributed by atoms with Crippen molar-refractivity contribution in [2.75, 3.05) is 39.0 Å². The van der Waals surface area contributed by atoms with Crippen LogP contribution in [0.15, 0.2) is 29.3 Å². The minimum Gasteiger partial charge on any atom is -0.496 e. The first-order valence-corrected chi connectivity index (χ1v) is 10.2. The molecule has 0 spiro atoms. The van der Waals surface area contributed by atoms with Gasteiger partial charge in [0.05, 0.1) is 19.4 Å². The maximum atomic E-state index is 12.2. The quantitative estimate of drug-likeness (QED) is 0.481. The number of hydrogen-bond acceptors (Lipinski definition) is 4.